The molecular formula is C36H38. The van der Waals surface area contributed by atoms with Gasteiger partial charge in [-0.2, -0.15) is 0 Å². The third kappa shape index (κ3) is 2.77. The van der Waals surface area contributed by atoms with Gasteiger partial charge in [-0.15, -0.1) is 0 Å². The smallest absolute Gasteiger partial charge is 0.0205 e. The number of hydrogen-bond donors (Lipinski definition) is 0. The Bertz CT molecular complexity index is 1370. The lowest BCUT2D eigenvalue weighted by Crippen LogP contribution is -2.38. The van der Waals surface area contributed by atoms with E-state index in [0.717, 1.165) is 0 Å². The van der Waals surface area contributed by atoms with Crippen LogP contribution in [0, 0.1) is 53.4 Å². The van der Waals surface area contributed by atoms with Crippen LogP contribution in [0.25, 0.3) is 0 Å². The zero-order valence-electron chi connectivity index (χ0n) is 23.1. The molecule has 7 aliphatic carbocycles. The lowest BCUT2D eigenvalue weighted by Gasteiger charge is -2.53. The Morgan fingerprint density at radius 2 is 0.583 bits per heavy atom. The fraction of sp³-hybridized carbons (Fsp3) is 0.389. The van der Waals surface area contributed by atoms with Crippen molar-refractivity contribution in [2.75, 3.05) is 0 Å². The predicted molar refractivity (Wildman–Crippen MR) is 151 cm³/mol. The molecular weight excluding hydrogens is 432 g/mol. The van der Waals surface area contributed by atoms with Gasteiger partial charge >= 0.3 is 0 Å². The highest BCUT2D eigenvalue weighted by atomic mass is 14.5. The van der Waals surface area contributed by atoms with Crippen LogP contribution in [0.3, 0.4) is 0 Å². The molecule has 3 aromatic rings. The van der Waals surface area contributed by atoms with Crippen molar-refractivity contribution in [1.82, 2.24) is 0 Å². The van der Waals surface area contributed by atoms with Crippen molar-refractivity contribution in [3.63, 3.8) is 0 Å². The summed E-state index contributed by atoms with van der Waals surface area (Å²) in [6, 6.07) is 15.3. The summed E-state index contributed by atoms with van der Waals surface area (Å²) >= 11 is 0. The summed E-state index contributed by atoms with van der Waals surface area (Å²) in [5.74, 6) is 2.64. The van der Waals surface area contributed by atoms with Gasteiger partial charge in [-0.1, -0.05) is 62.4 Å². The molecule has 4 bridgehead atoms. The van der Waals surface area contributed by atoms with Gasteiger partial charge in [0.15, 0.2) is 0 Å². The van der Waals surface area contributed by atoms with E-state index in [1.165, 1.54) is 33.4 Å². The van der Waals surface area contributed by atoms with E-state index < -0.39 is 0 Å². The predicted octanol–water partition coefficient (Wildman–Crippen LogP) is 9.15. The van der Waals surface area contributed by atoms with E-state index in [9.17, 15) is 0 Å². The van der Waals surface area contributed by atoms with Gasteiger partial charge in [0.1, 0.15) is 0 Å². The molecule has 10 rings (SSSR count). The topological polar surface area (TPSA) is 0 Å². The van der Waals surface area contributed by atoms with Gasteiger partial charge in [-0.3, -0.25) is 0 Å². The molecule has 4 atom stereocenters. The largest absolute Gasteiger partial charge is 0.0770 e. The highest BCUT2D eigenvalue weighted by Crippen LogP contribution is 2.67. The second-order valence-electron chi connectivity index (χ2n) is 12.6. The molecule has 3 aromatic carbocycles. The van der Waals surface area contributed by atoms with E-state index in [2.05, 4.69) is 104 Å². The van der Waals surface area contributed by atoms with Crippen LogP contribution in [0.2, 0.25) is 0 Å². The van der Waals surface area contributed by atoms with E-state index in [0.29, 0.717) is 35.5 Å². The minimum Gasteiger partial charge on any atom is -0.0770 e. The first-order valence-corrected chi connectivity index (χ1v) is 13.9. The van der Waals surface area contributed by atoms with Gasteiger partial charge in [0.2, 0.25) is 0 Å². The standard InChI is InChI=1S/C36H38/c1-17-9-25-26(10-18(17)2)34-28-12-20(4)19(3)11-27(28)33(25)35-29-13-21(5)23(7)15-31(29)36(34)32-16-24(8)22(6)14-30(32)35/h9-18,33-36H,1-8H3/t17-,18+,33?,34?,35?,36?. The van der Waals surface area contributed by atoms with Crippen LogP contribution >= 0.6 is 0 Å². The Kier molecular flexibility index (Phi) is 4.56. The monoisotopic (exact) mass is 470 g/mol. The molecule has 0 saturated carbocycles. The number of allylic oxidation sites excluding steroid dienone is 4. The fourth-order valence-electron chi connectivity index (χ4n) is 7.93. The first kappa shape index (κ1) is 22.3. The SMILES string of the molecule is Cc1cc2c(cc1C)C1C3=C[C@H](C)[C@H](C)C=C3C2C2c3cc(C)c(C)cc3C1c1cc(C)c(C)cc12. The van der Waals surface area contributed by atoms with E-state index in [-0.39, 0.29) is 0 Å². The fourth-order valence-corrected chi connectivity index (χ4v) is 7.93. The van der Waals surface area contributed by atoms with Gasteiger partial charge in [0.25, 0.3) is 0 Å². The van der Waals surface area contributed by atoms with E-state index in [1.807, 2.05) is 0 Å². The van der Waals surface area contributed by atoms with Crippen molar-refractivity contribution in [3.8, 4) is 0 Å². The Hall–Kier alpha value is -2.86. The number of hydrogen-bond acceptors (Lipinski definition) is 0. The zero-order chi connectivity index (χ0) is 25.2. The molecule has 36 heavy (non-hydrogen) atoms. The van der Waals surface area contributed by atoms with Crippen molar-refractivity contribution >= 4 is 0 Å². The summed E-state index contributed by atoms with van der Waals surface area (Å²) in [5.41, 5.74) is 21.4. The van der Waals surface area contributed by atoms with Gasteiger partial charge in [0, 0.05) is 23.7 Å². The summed E-state index contributed by atoms with van der Waals surface area (Å²) in [7, 11) is 0. The van der Waals surface area contributed by atoms with Crippen LogP contribution in [-0.2, 0) is 0 Å². The lowest BCUT2D eigenvalue weighted by molar-refractivity contribution is 0.475. The van der Waals surface area contributed by atoms with Gasteiger partial charge < -0.3 is 0 Å². The van der Waals surface area contributed by atoms with Crippen LogP contribution in [0.15, 0.2) is 59.7 Å². The summed E-state index contributed by atoms with van der Waals surface area (Å²) in [6.45, 7) is 18.7. The Balaban J connectivity index is 1.68. The quantitative estimate of drug-likeness (QED) is 0.307. The molecule has 0 aromatic heterocycles. The number of rotatable bonds is 0. The van der Waals surface area contributed by atoms with Crippen molar-refractivity contribution in [2.45, 2.75) is 79.1 Å². The zero-order valence-corrected chi connectivity index (χ0v) is 23.1. The van der Waals surface area contributed by atoms with E-state index >= 15 is 0 Å². The third-order valence-corrected chi connectivity index (χ3v) is 10.5. The average Bonchev–Trinajstić information content (AvgIpc) is 2.81. The van der Waals surface area contributed by atoms with Crippen LogP contribution in [0.1, 0.15) is 104 Å². The summed E-state index contributed by atoms with van der Waals surface area (Å²) in [4.78, 5) is 0. The second kappa shape index (κ2) is 7.34. The van der Waals surface area contributed by atoms with Gasteiger partial charge in [-0.05, 0) is 131 Å². The highest BCUT2D eigenvalue weighted by Gasteiger charge is 2.52. The first-order valence-electron chi connectivity index (χ1n) is 13.9. The normalized spacial score (nSPS) is 28.9. The maximum atomic E-state index is 2.66. The maximum Gasteiger partial charge on any atom is 0.0205 e. The molecule has 0 heterocycles. The molecule has 7 aliphatic rings. The van der Waals surface area contributed by atoms with Crippen molar-refractivity contribution in [1.29, 1.82) is 0 Å². The number of benzene rings is 3. The van der Waals surface area contributed by atoms with Gasteiger partial charge in [-0.25, -0.2) is 0 Å². The lowest BCUT2D eigenvalue weighted by atomic mass is 9.50. The molecule has 182 valence electrons. The molecule has 0 fully saturated rings. The Morgan fingerprint density at radius 3 is 0.833 bits per heavy atom. The molecule has 0 spiro atoms. The molecule has 0 heteroatoms. The molecule has 2 unspecified atom stereocenters. The van der Waals surface area contributed by atoms with Crippen molar-refractivity contribution < 1.29 is 0 Å². The molecule has 0 saturated heterocycles. The molecule has 0 aliphatic heterocycles. The van der Waals surface area contributed by atoms with Crippen LogP contribution in [-0.4, -0.2) is 0 Å². The van der Waals surface area contributed by atoms with Crippen LogP contribution in [0.5, 0.6) is 0 Å². The first-order chi connectivity index (χ1) is 17.2. The summed E-state index contributed by atoms with van der Waals surface area (Å²) in [6.07, 6.45) is 5.33. The molecule has 0 amide bonds. The number of aryl methyl sites for hydroxylation is 6. The van der Waals surface area contributed by atoms with Crippen molar-refractivity contribution in [2.24, 2.45) is 11.8 Å². The van der Waals surface area contributed by atoms with E-state index in [4.69, 9.17) is 0 Å². The third-order valence-electron chi connectivity index (χ3n) is 10.5. The molecule has 0 radical (unpaired) electrons. The maximum absolute atomic E-state index is 2.66. The Morgan fingerprint density at radius 1 is 0.361 bits per heavy atom. The average molecular weight is 471 g/mol. The van der Waals surface area contributed by atoms with Crippen LogP contribution in [0.4, 0.5) is 0 Å². The summed E-state index contributed by atoms with van der Waals surface area (Å²) in [5, 5.41) is 0. The minimum atomic E-state index is 0.363. The van der Waals surface area contributed by atoms with Crippen LogP contribution < -0.4 is 0 Å². The van der Waals surface area contributed by atoms with Gasteiger partial charge in [0.05, 0.1) is 0 Å². The van der Waals surface area contributed by atoms with Crippen molar-refractivity contribution in [3.05, 3.63) is 126 Å². The minimum absolute atomic E-state index is 0.363. The second-order valence-corrected chi connectivity index (χ2v) is 12.6. The molecule has 0 N–H and O–H groups in total. The Labute approximate surface area is 217 Å². The summed E-state index contributed by atoms with van der Waals surface area (Å²) < 4.78 is 0. The highest BCUT2D eigenvalue weighted by molar-refractivity contribution is 5.71. The molecule has 0 nitrogen and oxygen atoms in total. The van der Waals surface area contributed by atoms with E-state index in [1.54, 1.807) is 44.5 Å².